The quantitative estimate of drug-likeness (QED) is 0.474. The fourth-order valence-electron chi connectivity index (χ4n) is 5.20. The zero-order valence-corrected chi connectivity index (χ0v) is 18.8. The van der Waals surface area contributed by atoms with Crippen LogP contribution in [0.3, 0.4) is 0 Å². The van der Waals surface area contributed by atoms with Crippen LogP contribution in [-0.2, 0) is 16.6 Å². The number of hydrogen-bond acceptors (Lipinski definition) is 5. The van der Waals surface area contributed by atoms with Crippen molar-refractivity contribution < 1.29 is 9.53 Å². The molecule has 0 unspecified atom stereocenters. The molecule has 5 rings (SSSR count). The van der Waals surface area contributed by atoms with Crippen LogP contribution in [0.1, 0.15) is 36.8 Å². The maximum absolute atomic E-state index is 14.2. The summed E-state index contributed by atoms with van der Waals surface area (Å²) in [7, 11) is 1.61. The molecule has 1 fully saturated rings. The fourth-order valence-corrected chi connectivity index (χ4v) is 5.95. The highest BCUT2D eigenvalue weighted by molar-refractivity contribution is 7.99. The summed E-state index contributed by atoms with van der Waals surface area (Å²) < 4.78 is 6.92. The molecule has 3 aromatic rings. The van der Waals surface area contributed by atoms with Crippen molar-refractivity contribution in [3.05, 3.63) is 70.0 Å². The van der Waals surface area contributed by atoms with E-state index < -0.39 is 5.91 Å². The number of fused-ring (bicyclic) bond motifs is 4. The Labute approximate surface area is 190 Å². The van der Waals surface area contributed by atoms with E-state index in [1.165, 1.54) is 17.3 Å². The van der Waals surface area contributed by atoms with Crippen molar-refractivity contribution in [2.45, 2.75) is 42.7 Å². The summed E-state index contributed by atoms with van der Waals surface area (Å²) in [6.45, 7) is 0. The van der Waals surface area contributed by atoms with Crippen LogP contribution in [0, 0.1) is 0 Å². The molecule has 6 nitrogen and oxygen atoms in total. The van der Waals surface area contributed by atoms with E-state index in [4.69, 9.17) is 15.5 Å². The van der Waals surface area contributed by atoms with Crippen LogP contribution < -0.4 is 16.0 Å². The number of nitrogens with two attached hydrogens (primary N) is 1. The van der Waals surface area contributed by atoms with Gasteiger partial charge >= 0.3 is 0 Å². The lowest BCUT2D eigenvalue weighted by molar-refractivity contribution is -0.115. The van der Waals surface area contributed by atoms with Gasteiger partial charge in [0.2, 0.25) is 5.91 Å². The number of ether oxygens (including phenoxy) is 1. The molecule has 2 aliphatic rings. The van der Waals surface area contributed by atoms with Crippen LogP contribution in [0.2, 0.25) is 0 Å². The number of primary amides is 1. The van der Waals surface area contributed by atoms with E-state index in [2.05, 4.69) is 6.07 Å². The molecule has 7 heteroatoms. The number of thioether (sulfide) groups is 1. The van der Waals surface area contributed by atoms with Gasteiger partial charge in [-0.2, -0.15) is 0 Å². The summed E-state index contributed by atoms with van der Waals surface area (Å²) in [6.07, 6.45) is 5.07. The normalized spacial score (nSPS) is 15.9. The van der Waals surface area contributed by atoms with Crippen LogP contribution in [0.15, 0.2) is 58.5 Å². The molecule has 1 saturated carbocycles. The molecule has 1 heterocycles. The van der Waals surface area contributed by atoms with Crippen molar-refractivity contribution in [2.75, 3.05) is 12.9 Å². The highest BCUT2D eigenvalue weighted by Crippen LogP contribution is 2.50. The van der Waals surface area contributed by atoms with Gasteiger partial charge in [0.05, 0.1) is 29.8 Å². The highest BCUT2D eigenvalue weighted by atomic mass is 32.2. The average Bonchev–Trinajstić information content (AvgIpc) is 3.26. The Bertz CT molecular complexity index is 1240. The van der Waals surface area contributed by atoms with Gasteiger partial charge in [-0.25, -0.2) is 4.98 Å². The Morgan fingerprint density at radius 1 is 1.16 bits per heavy atom. The predicted octanol–water partition coefficient (Wildman–Crippen LogP) is 3.85. The third-order valence-corrected chi connectivity index (χ3v) is 7.58. The summed E-state index contributed by atoms with van der Waals surface area (Å²) in [6, 6.07) is 15.6. The Kier molecular flexibility index (Phi) is 5.29. The topological polar surface area (TPSA) is 87.2 Å². The first kappa shape index (κ1) is 20.8. The fraction of sp³-hybridized carbons (Fsp3) is 0.320. The first-order valence-electron chi connectivity index (χ1n) is 10.8. The van der Waals surface area contributed by atoms with Gasteiger partial charge in [-0.1, -0.05) is 48.9 Å². The lowest BCUT2D eigenvalue weighted by Gasteiger charge is -2.36. The summed E-state index contributed by atoms with van der Waals surface area (Å²) in [5.74, 6) is 0.310. The molecular formula is C25H25N3O3S. The summed E-state index contributed by atoms with van der Waals surface area (Å²) in [5.41, 5.74) is 9.71. The van der Waals surface area contributed by atoms with Gasteiger partial charge in [0.25, 0.3) is 5.56 Å². The van der Waals surface area contributed by atoms with E-state index >= 15 is 0 Å². The molecule has 32 heavy (non-hydrogen) atoms. The molecule has 2 aromatic carbocycles. The zero-order chi connectivity index (χ0) is 22.3. The summed E-state index contributed by atoms with van der Waals surface area (Å²) in [4.78, 5) is 30.7. The van der Waals surface area contributed by atoms with E-state index in [-0.39, 0.29) is 16.7 Å². The van der Waals surface area contributed by atoms with Crippen molar-refractivity contribution in [3.8, 4) is 22.7 Å². The third kappa shape index (κ3) is 3.41. The number of carbonyl (C=O) groups excluding carboxylic acids is 1. The SMILES string of the molecule is COc1ccc(-n2c(SCC(N)=O)nc3c(c2=O)C2(CCCC2)Cc2ccccc2-3)cc1. The molecule has 164 valence electrons. The third-order valence-electron chi connectivity index (χ3n) is 6.62. The lowest BCUT2D eigenvalue weighted by Crippen LogP contribution is -2.40. The minimum absolute atomic E-state index is 0.0498. The predicted molar refractivity (Wildman–Crippen MR) is 126 cm³/mol. The van der Waals surface area contributed by atoms with Crippen LogP contribution in [0.25, 0.3) is 16.9 Å². The van der Waals surface area contributed by atoms with E-state index in [1.807, 2.05) is 42.5 Å². The minimum Gasteiger partial charge on any atom is -0.497 e. The van der Waals surface area contributed by atoms with Crippen molar-refractivity contribution in [1.82, 2.24) is 9.55 Å². The Balaban J connectivity index is 1.79. The second kappa shape index (κ2) is 8.13. The molecule has 0 aliphatic heterocycles. The molecule has 0 atom stereocenters. The number of carbonyl (C=O) groups is 1. The van der Waals surface area contributed by atoms with Gasteiger partial charge in [0.15, 0.2) is 5.16 Å². The van der Waals surface area contributed by atoms with E-state index in [0.29, 0.717) is 16.6 Å². The monoisotopic (exact) mass is 447 g/mol. The van der Waals surface area contributed by atoms with E-state index in [0.717, 1.165) is 48.9 Å². The van der Waals surface area contributed by atoms with Crippen LogP contribution in [0.5, 0.6) is 5.75 Å². The van der Waals surface area contributed by atoms with Gasteiger partial charge in [-0.05, 0) is 49.1 Å². The Morgan fingerprint density at radius 3 is 2.56 bits per heavy atom. The standard InChI is InChI=1S/C25H25N3O3S/c1-31-18-10-8-17(9-11-18)28-23(30)21-22(27-24(28)32-15-20(26)29)19-7-3-2-6-16(19)14-25(21)12-4-5-13-25/h2-3,6-11H,4-5,12-15H2,1H3,(H2,26,29). The Morgan fingerprint density at radius 2 is 1.88 bits per heavy atom. The number of benzene rings is 2. The van der Waals surface area contributed by atoms with Gasteiger partial charge in [-0.3, -0.25) is 14.2 Å². The maximum Gasteiger partial charge on any atom is 0.263 e. The number of amides is 1. The molecular weight excluding hydrogens is 422 g/mol. The van der Waals surface area contributed by atoms with Crippen LogP contribution >= 0.6 is 11.8 Å². The molecule has 1 aromatic heterocycles. The average molecular weight is 448 g/mol. The molecule has 2 N–H and O–H groups in total. The lowest BCUT2D eigenvalue weighted by atomic mass is 9.68. The molecule has 0 saturated heterocycles. The van der Waals surface area contributed by atoms with Gasteiger partial charge in [0, 0.05) is 11.0 Å². The van der Waals surface area contributed by atoms with Crippen LogP contribution in [-0.4, -0.2) is 28.3 Å². The second-order valence-corrected chi connectivity index (χ2v) is 9.48. The number of hydrogen-bond donors (Lipinski definition) is 1. The number of aromatic nitrogens is 2. The van der Waals surface area contributed by atoms with Crippen molar-refractivity contribution >= 4 is 17.7 Å². The maximum atomic E-state index is 14.2. The molecule has 1 spiro atoms. The van der Waals surface area contributed by atoms with Crippen molar-refractivity contribution in [1.29, 1.82) is 0 Å². The minimum atomic E-state index is -0.448. The van der Waals surface area contributed by atoms with E-state index in [1.54, 1.807) is 11.7 Å². The zero-order valence-electron chi connectivity index (χ0n) is 18.0. The number of methoxy groups -OCH3 is 1. The second-order valence-electron chi connectivity index (χ2n) is 8.53. The van der Waals surface area contributed by atoms with E-state index in [9.17, 15) is 9.59 Å². The largest absolute Gasteiger partial charge is 0.497 e. The molecule has 0 radical (unpaired) electrons. The van der Waals surface area contributed by atoms with Crippen LogP contribution in [0.4, 0.5) is 0 Å². The molecule has 2 aliphatic carbocycles. The Hall–Kier alpha value is -3.06. The van der Waals surface area contributed by atoms with Crippen molar-refractivity contribution in [2.24, 2.45) is 5.73 Å². The van der Waals surface area contributed by atoms with Gasteiger partial charge < -0.3 is 10.5 Å². The van der Waals surface area contributed by atoms with Gasteiger partial charge in [0.1, 0.15) is 5.75 Å². The van der Waals surface area contributed by atoms with Crippen molar-refractivity contribution in [3.63, 3.8) is 0 Å². The first-order valence-corrected chi connectivity index (χ1v) is 11.8. The highest BCUT2D eigenvalue weighted by Gasteiger charge is 2.44. The molecule has 0 bridgehead atoms. The first-order chi connectivity index (χ1) is 15.5. The molecule has 1 amide bonds. The van der Waals surface area contributed by atoms with Gasteiger partial charge in [-0.15, -0.1) is 0 Å². The summed E-state index contributed by atoms with van der Waals surface area (Å²) in [5, 5.41) is 0.475. The number of rotatable bonds is 5. The summed E-state index contributed by atoms with van der Waals surface area (Å²) >= 11 is 1.20. The number of nitrogens with zero attached hydrogens (tertiary/aromatic N) is 2. The smallest absolute Gasteiger partial charge is 0.263 e.